The molecule has 6 heteroatoms. The maximum atomic E-state index is 4.34. The van der Waals surface area contributed by atoms with Gasteiger partial charge in [-0.1, -0.05) is 25.1 Å². The molecule has 1 saturated heterocycles. The number of guanidine groups is 1. The van der Waals surface area contributed by atoms with Crippen LogP contribution < -0.4 is 10.6 Å². The van der Waals surface area contributed by atoms with Gasteiger partial charge in [0.25, 0.3) is 0 Å². The summed E-state index contributed by atoms with van der Waals surface area (Å²) < 4.78 is 0. The zero-order chi connectivity index (χ0) is 18.9. The van der Waals surface area contributed by atoms with Crippen molar-refractivity contribution in [3.63, 3.8) is 0 Å². The number of nitrogens with one attached hydrogen (secondary N) is 3. The Hall–Kier alpha value is -1.28. The van der Waals surface area contributed by atoms with Gasteiger partial charge in [-0.3, -0.25) is 4.99 Å². The van der Waals surface area contributed by atoms with E-state index in [1.54, 1.807) is 0 Å². The maximum Gasteiger partial charge on any atom is 0.190 e. The molecule has 2 heterocycles. The SMILES string of the molecule is CN=C(NCCCCN1CCCC(C)C1)NCCc1c[nH]c2ccccc12.I. The van der Waals surface area contributed by atoms with E-state index in [2.05, 4.69) is 62.9 Å². The number of hydrogen-bond acceptors (Lipinski definition) is 2. The summed E-state index contributed by atoms with van der Waals surface area (Å²) >= 11 is 0. The molecule has 0 saturated carbocycles. The summed E-state index contributed by atoms with van der Waals surface area (Å²) in [4.78, 5) is 10.3. The van der Waals surface area contributed by atoms with E-state index in [0.717, 1.165) is 31.4 Å². The highest BCUT2D eigenvalue weighted by atomic mass is 127. The highest BCUT2D eigenvalue weighted by Crippen LogP contribution is 2.17. The van der Waals surface area contributed by atoms with Crippen LogP contribution in [0.3, 0.4) is 0 Å². The van der Waals surface area contributed by atoms with Crippen LogP contribution in [-0.2, 0) is 6.42 Å². The van der Waals surface area contributed by atoms with E-state index in [4.69, 9.17) is 0 Å². The fourth-order valence-corrected chi connectivity index (χ4v) is 4.03. The molecule has 1 aromatic heterocycles. The van der Waals surface area contributed by atoms with Crippen LogP contribution in [0.25, 0.3) is 10.9 Å². The van der Waals surface area contributed by atoms with Crippen LogP contribution in [0.15, 0.2) is 35.5 Å². The lowest BCUT2D eigenvalue weighted by molar-refractivity contribution is 0.181. The number of piperidine rings is 1. The molecule has 1 aliphatic rings. The number of rotatable bonds is 8. The van der Waals surface area contributed by atoms with Crippen molar-refractivity contribution in [2.45, 2.75) is 39.0 Å². The second-order valence-electron chi connectivity index (χ2n) is 7.79. The molecule has 0 amide bonds. The Morgan fingerprint density at radius 3 is 2.86 bits per heavy atom. The molecule has 1 aromatic carbocycles. The first-order chi connectivity index (χ1) is 13.3. The Morgan fingerprint density at radius 1 is 1.21 bits per heavy atom. The van der Waals surface area contributed by atoms with Crippen LogP contribution in [0.5, 0.6) is 0 Å². The molecule has 0 aliphatic carbocycles. The molecule has 2 aromatic rings. The molecule has 28 heavy (non-hydrogen) atoms. The van der Waals surface area contributed by atoms with Crippen LogP contribution in [0.1, 0.15) is 38.2 Å². The van der Waals surface area contributed by atoms with Crippen molar-refractivity contribution in [3.8, 4) is 0 Å². The number of nitrogens with zero attached hydrogens (tertiary/aromatic N) is 2. The normalized spacial score (nSPS) is 18.1. The summed E-state index contributed by atoms with van der Waals surface area (Å²) in [5.74, 6) is 1.78. The molecule has 156 valence electrons. The quantitative estimate of drug-likeness (QED) is 0.224. The molecule has 0 radical (unpaired) electrons. The van der Waals surface area contributed by atoms with Crippen LogP contribution >= 0.6 is 24.0 Å². The molecular formula is C22H36IN5. The monoisotopic (exact) mass is 497 g/mol. The van der Waals surface area contributed by atoms with Gasteiger partial charge in [0.1, 0.15) is 0 Å². The summed E-state index contributed by atoms with van der Waals surface area (Å²) in [5.41, 5.74) is 2.56. The van der Waals surface area contributed by atoms with Gasteiger partial charge in [-0.2, -0.15) is 0 Å². The largest absolute Gasteiger partial charge is 0.361 e. The number of unbranched alkanes of at least 4 members (excludes halogenated alkanes) is 1. The van der Waals surface area contributed by atoms with Crippen molar-refractivity contribution < 1.29 is 0 Å². The Kier molecular flexibility index (Phi) is 10.1. The number of fused-ring (bicyclic) bond motifs is 1. The molecule has 0 bridgehead atoms. The smallest absolute Gasteiger partial charge is 0.190 e. The third-order valence-electron chi connectivity index (χ3n) is 5.52. The molecule has 1 fully saturated rings. The van der Waals surface area contributed by atoms with Crippen molar-refractivity contribution >= 4 is 40.8 Å². The summed E-state index contributed by atoms with van der Waals surface area (Å²) in [5, 5.41) is 8.19. The number of aliphatic imine (C=N–C) groups is 1. The standard InChI is InChI=1S/C22H35N5.HI/c1-18-8-7-15-27(17-18)14-6-5-12-24-22(23-2)25-13-11-19-16-26-21-10-4-3-9-20(19)21;/h3-4,9-10,16,18,26H,5-8,11-15,17H2,1-2H3,(H2,23,24,25);1H. The molecular weight excluding hydrogens is 461 g/mol. The van der Waals surface area contributed by atoms with Crippen LogP contribution in [0.2, 0.25) is 0 Å². The highest BCUT2D eigenvalue weighted by Gasteiger charge is 2.15. The van der Waals surface area contributed by atoms with Crippen LogP contribution in [0, 0.1) is 5.92 Å². The summed E-state index contributed by atoms with van der Waals surface area (Å²) in [6.45, 7) is 8.04. The van der Waals surface area contributed by atoms with Gasteiger partial charge in [-0.05, 0) is 62.7 Å². The number of aromatic nitrogens is 1. The molecule has 0 spiro atoms. The van der Waals surface area contributed by atoms with Gasteiger partial charge in [-0.25, -0.2) is 0 Å². The highest BCUT2D eigenvalue weighted by molar-refractivity contribution is 14.0. The van der Waals surface area contributed by atoms with E-state index in [-0.39, 0.29) is 24.0 Å². The molecule has 1 atom stereocenters. The number of aromatic amines is 1. The number of hydrogen-bond donors (Lipinski definition) is 3. The zero-order valence-corrected chi connectivity index (χ0v) is 19.7. The van der Waals surface area contributed by atoms with E-state index >= 15 is 0 Å². The predicted octanol–water partition coefficient (Wildman–Crippen LogP) is 4.01. The number of halogens is 1. The predicted molar refractivity (Wildman–Crippen MR) is 131 cm³/mol. The molecule has 1 aliphatic heterocycles. The van der Waals surface area contributed by atoms with E-state index in [0.29, 0.717) is 0 Å². The fraction of sp³-hybridized carbons (Fsp3) is 0.591. The number of para-hydroxylation sites is 1. The lowest BCUT2D eigenvalue weighted by Gasteiger charge is -2.30. The van der Waals surface area contributed by atoms with Gasteiger partial charge >= 0.3 is 0 Å². The van der Waals surface area contributed by atoms with Crippen molar-refractivity contribution in [2.75, 3.05) is 39.8 Å². The average Bonchev–Trinajstić information content (AvgIpc) is 3.09. The second-order valence-corrected chi connectivity index (χ2v) is 7.79. The van der Waals surface area contributed by atoms with Crippen LogP contribution in [-0.4, -0.2) is 55.6 Å². The van der Waals surface area contributed by atoms with E-state index in [1.165, 1.54) is 61.8 Å². The second kappa shape index (κ2) is 12.3. The number of likely N-dealkylation sites (tertiary alicyclic amines) is 1. The number of benzene rings is 1. The lowest BCUT2D eigenvalue weighted by Crippen LogP contribution is -2.39. The Morgan fingerprint density at radius 2 is 2.04 bits per heavy atom. The summed E-state index contributed by atoms with van der Waals surface area (Å²) in [6.07, 6.45) is 8.31. The molecule has 3 N–H and O–H groups in total. The van der Waals surface area contributed by atoms with Gasteiger partial charge in [0.2, 0.25) is 0 Å². The fourth-order valence-electron chi connectivity index (χ4n) is 4.03. The van der Waals surface area contributed by atoms with E-state index in [1.807, 2.05) is 7.05 Å². The minimum Gasteiger partial charge on any atom is -0.361 e. The first kappa shape index (κ1) is 23.0. The van der Waals surface area contributed by atoms with Gasteiger partial charge in [0, 0.05) is 43.8 Å². The first-order valence-corrected chi connectivity index (χ1v) is 10.5. The molecule has 1 unspecified atom stereocenters. The Bertz CT molecular complexity index is 727. The Labute approximate surface area is 186 Å². The molecule has 5 nitrogen and oxygen atoms in total. The minimum atomic E-state index is 0. The van der Waals surface area contributed by atoms with Gasteiger partial charge in [-0.15, -0.1) is 24.0 Å². The van der Waals surface area contributed by atoms with Gasteiger partial charge < -0.3 is 20.5 Å². The number of H-pyrrole nitrogens is 1. The Balaban J connectivity index is 0.00000280. The summed E-state index contributed by atoms with van der Waals surface area (Å²) in [7, 11) is 1.84. The minimum absolute atomic E-state index is 0. The van der Waals surface area contributed by atoms with Gasteiger partial charge in [0.05, 0.1) is 0 Å². The lowest BCUT2D eigenvalue weighted by atomic mass is 10.0. The third kappa shape index (κ3) is 6.95. The van der Waals surface area contributed by atoms with Crippen LogP contribution in [0.4, 0.5) is 0 Å². The van der Waals surface area contributed by atoms with Gasteiger partial charge in [0.15, 0.2) is 5.96 Å². The molecule has 3 rings (SSSR count). The average molecular weight is 497 g/mol. The topological polar surface area (TPSA) is 55.5 Å². The van der Waals surface area contributed by atoms with E-state index < -0.39 is 0 Å². The first-order valence-electron chi connectivity index (χ1n) is 10.5. The zero-order valence-electron chi connectivity index (χ0n) is 17.3. The van der Waals surface area contributed by atoms with E-state index in [9.17, 15) is 0 Å². The van der Waals surface area contributed by atoms with Crippen molar-refractivity contribution in [1.82, 2.24) is 20.5 Å². The third-order valence-corrected chi connectivity index (χ3v) is 5.52. The summed E-state index contributed by atoms with van der Waals surface area (Å²) in [6, 6.07) is 8.46. The maximum absolute atomic E-state index is 4.34. The van der Waals surface area contributed by atoms with Crippen molar-refractivity contribution in [1.29, 1.82) is 0 Å². The van der Waals surface area contributed by atoms with Crippen molar-refractivity contribution in [3.05, 3.63) is 36.0 Å². The van der Waals surface area contributed by atoms with Crippen molar-refractivity contribution in [2.24, 2.45) is 10.9 Å².